The van der Waals surface area contributed by atoms with E-state index in [-0.39, 0.29) is 5.91 Å². The molecule has 1 fully saturated rings. The van der Waals surface area contributed by atoms with Crippen LogP contribution in [0.3, 0.4) is 0 Å². The zero-order chi connectivity index (χ0) is 15.4. The van der Waals surface area contributed by atoms with Gasteiger partial charge in [0, 0.05) is 31.9 Å². The van der Waals surface area contributed by atoms with Crippen LogP contribution in [0.25, 0.3) is 0 Å². The van der Waals surface area contributed by atoms with Crippen molar-refractivity contribution in [3.05, 3.63) is 65.7 Å². The lowest BCUT2D eigenvalue weighted by Crippen LogP contribution is -2.49. The average molecular weight is 294 g/mol. The summed E-state index contributed by atoms with van der Waals surface area (Å²) in [5, 5.41) is 0. The molecule has 114 valence electrons. The van der Waals surface area contributed by atoms with E-state index < -0.39 is 0 Å². The highest BCUT2D eigenvalue weighted by Crippen LogP contribution is 2.16. The number of hydrogen-bond donors (Lipinski definition) is 0. The Morgan fingerprint density at radius 2 is 1.55 bits per heavy atom. The van der Waals surface area contributed by atoms with Gasteiger partial charge < -0.3 is 9.80 Å². The monoisotopic (exact) mass is 294 g/mol. The minimum Gasteiger partial charge on any atom is -0.368 e. The van der Waals surface area contributed by atoms with Crippen molar-refractivity contribution < 1.29 is 4.79 Å². The van der Waals surface area contributed by atoms with E-state index in [0.29, 0.717) is 6.42 Å². The Balaban J connectivity index is 1.54. The largest absolute Gasteiger partial charge is 0.368 e. The van der Waals surface area contributed by atoms with Crippen molar-refractivity contribution in [2.24, 2.45) is 0 Å². The smallest absolute Gasteiger partial charge is 0.227 e. The van der Waals surface area contributed by atoms with Crippen LogP contribution < -0.4 is 4.90 Å². The molecule has 0 radical (unpaired) electrons. The molecule has 0 bridgehead atoms. The van der Waals surface area contributed by atoms with Crippen LogP contribution in [0, 0.1) is 6.92 Å². The van der Waals surface area contributed by atoms with Crippen molar-refractivity contribution in [3.8, 4) is 0 Å². The van der Waals surface area contributed by atoms with Crippen LogP contribution in [0.5, 0.6) is 0 Å². The molecular formula is C19H22N2O. The highest BCUT2D eigenvalue weighted by Gasteiger charge is 2.21. The van der Waals surface area contributed by atoms with Crippen molar-refractivity contribution in [1.82, 2.24) is 4.90 Å². The number of aryl methyl sites for hydroxylation is 1. The first-order chi connectivity index (χ1) is 10.7. The molecule has 0 spiro atoms. The molecule has 2 aromatic carbocycles. The van der Waals surface area contributed by atoms with Crippen LogP contribution >= 0.6 is 0 Å². The quantitative estimate of drug-likeness (QED) is 0.869. The lowest BCUT2D eigenvalue weighted by atomic mass is 10.1. The highest BCUT2D eigenvalue weighted by atomic mass is 16.2. The van der Waals surface area contributed by atoms with E-state index in [9.17, 15) is 4.79 Å². The first kappa shape index (κ1) is 14.6. The maximum Gasteiger partial charge on any atom is 0.227 e. The molecule has 0 aliphatic carbocycles. The number of para-hydroxylation sites is 1. The molecule has 2 aromatic rings. The molecule has 22 heavy (non-hydrogen) atoms. The normalized spacial score (nSPS) is 15.0. The summed E-state index contributed by atoms with van der Waals surface area (Å²) < 4.78 is 0. The molecule has 3 nitrogen and oxygen atoms in total. The lowest BCUT2D eigenvalue weighted by molar-refractivity contribution is -0.130. The number of anilines is 1. The number of carbonyl (C=O) groups is 1. The van der Waals surface area contributed by atoms with E-state index in [4.69, 9.17) is 0 Å². The second kappa shape index (κ2) is 6.65. The van der Waals surface area contributed by atoms with Crippen LogP contribution in [0.1, 0.15) is 11.1 Å². The maximum absolute atomic E-state index is 12.4. The van der Waals surface area contributed by atoms with Gasteiger partial charge in [-0.05, 0) is 24.6 Å². The molecule has 1 aliphatic heterocycles. The van der Waals surface area contributed by atoms with Gasteiger partial charge in [-0.2, -0.15) is 0 Å². The van der Waals surface area contributed by atoms with E-state index in [1.54, 1.807) is 0 Å². The minimum absolute atomic E-state index is 0.233. The zero-order valence-electron chi connectivity index (χ0n) is 13.0. The molecule has 0 aromatic heterocycles. The molecule has 1 aliphatic rings. The minimum atomic E-state index is 0.233. The van der Waals surface area contributed by atoms with Gasteiger partial charge in [-0.1, -0.05) is 48.0 Å². The summed E-state index contributed by atoms with van der Waals surface area (Å²) in [5.41, 5.74) is 3.57. The second-order valence-electron chi connectivity index (χ2n) is 5.87. The second-order valence-corrected chi connectivity index (χ2v) is 5.87. The lowest BCUT2D eigenvalue weighted by Gasteiger charge is -2.36. The number of hydrogen-bond acceptors (Lipinski definition) is 2. The molecular weight excluding hydrogens is 272 g/mol. The Kier molecular flexibility index (Phi) is 4.42. The maximum atomic E-state index is 12.4. The van der Waals surface area contributed by atoms with E-state index in [0.717, 1.165) is 31.7 Å². The summed E-state index contributed by atoms with van der Waals surface area (Å²) in [5.74, 6) is 0.233. The summed E-state index contributed by atoms with van der Waals surface area (Å²) in [6.07, 6.45) is 0.506. The topological polar surface area (TPSA) is 23.6 Å². The summed E-state index contributed by atoms with van der Waals surface area (Å²) >= 11 is 0. The molecule has 1 heterocycles. The average Bonchev–Trinajstić information content (AvgIpc) is 2.58. The number of amides is 1. The van der Waals surface area contributed by atoms with Crippen molar-refractivity contribution in [2.45, 2.75) is 13.3 Å². The van der Waals surface area contributed by atoms with Gasteiger partial charge in [0.15, 0.2) is 0 Å². The van der Waals surface area contributed by atoms with Gasteiger partial charge in [0.1, 0.15) is 0 Å². The number of piperazine rings is 1. The van der Waals surface area contributed by atoms with Crippen molar-refractivity contribution >= 4 is 11.6 Å². The van der Waals surface area contributed by atoms with E-state index in [1.807, 2.05) is 23.1 Å². The molecule has 0 saturated carbocycles. The number of benzene rings is 2. The van der Waals surface area contributed by atoms with E-state index in [2.05, 4.69) is 48.2 Å². The summed E-state index contributed by atoms with van der Waals surface area (Å²) in [6.45, 7) is 5.49. The van der Waals surface area contributed by atoms with Crippen molar-refractivity contribution in [2.75, 3.05) is 31.1 Å². The molecule has 0 unspecified atom stereocenters. The van der Waals surface area contributed by atoms with Gasteiger partial charge in [0.25, 0.3) is 0 Å². The Bertz CT molecular complexity index is 614. The van der Waals surface area contributed by atoms with Crippen LogP contribution in [0.15, 0.2) is 54.6 Å². The molecule has 3 heteroatoms. The van der Waals surface area contributed by atoms with Gasteiger partial charge in [-0.15, -0.1) is 0 Å². The Morgan fingerprint density at radius 3 is 2.18 bits per heavy atom. The van der Waals surface area contributed by atoms with E-state index in [1.165, 1.54) is 11.3 Å². The van der Waals surface area contributed by atoms with Crippen molar-refractivity contribution in [1.29, 1.82) is 0 Å². The third kappa shape index (κ3) is 3.48. The van der Waals surface area contributed by atoms with Gasteiger partial charge in [-0.3, -0.25) is 4.79 Å². The molecule has 0 atom stereocenters. The van der Waals surface area contributed by atoms with Crippen LogP contribution in [0.4, 0.5) is 5.69 Å². The predicted molar refractivity (Wildman–Crippen MR) is 90.1 cm³/mol. The Labute approximate surface area is 132 Å². The molecule has 3 rings (SSSR count). The standard InChI is InChI=1S/C19H22N2O/c1-16-7-9-17(10-8-16)15-19(22)21-13-11-20(12-14-21)18-5-3-2-4-6-18/h2-10H,11-15H2,1H3. The summed E-state index contributed by atoms with van der Waals surface area (Å²) in [6, 6.07) is 18.6. The number of carbonyl (C=O) groups excluding carboxylic acids is 1. The zero-order valence-corrected chi connectivity index (χ0v) is 13.0. The summed E-state index contributed by atoms with van der Waals surface area (Å²) in [7, 11) is 0. The fourth-order valence-corrected chi connectivity index (χ4v) is 2.85. The fraction of sp³-hybridized carbons (Fsp3) is 0.316. The predicted octanol–water partition coefficient (Wildman–Crippen LogP) is 2.89. The number of nitrogens with zero attached hydrogens (tertiary/aromatic N) is 2. The Morgan fingerprint density at radius 1 is 0.909 bits per heavy atom. The van der Waals surface area contributed by atoms with Crippen LogP contribution in [-0.4, -0.2) is 37.0 Å². The summed E-state index contributed by atoms with van der Waals surface area (Å²) in [4.78, 5) is 16.7. The van der Waals surface area contributed by atoms with Gasteiger partial charge in [0.05, 0.1) is 6.42 Å². The first-order valence-corrected chi connectivity index (χ1v) is 7.86. The SMILES string of the molecule is Cc1ccc(CC(=O)N2CCN(c3ccccc3)CC2)cc1. The van der Waals surface area contributed by atoms with E-state index >= 15 is 0 Å². The van der Waals surface area contributed by atoms with Gasteiger partial charge >= 0.3 is 0 Å². The first-order valence-electron chi connectivity index (χ1n) is 7.86. The van der Waals surface area contributed by atoms with Crippen molar-refractivity contribution in [3.63, 3.8) is 0 Å². The van der Waals surface area contributed by atoms with Crippen LogP contribution in [-0.2, 0) is 11.2 Å². The third-order valence-electron chi connectivity index (χ3n) is 4.23. The van der Waals surface area contributed by atoms with Gasteiger partial charge in [-0.25, -0.2) is 0 Å². The molecule has 1 amide bonds. The molecule has 1 saturated heterocycles. The number of rotatable bonds is 3. The molecule has 0 N–H and O–H groups in total. The fourth-order valence-electron chi connectivity index (χ4n) is 2.85. The van der Waals surface area contributed by atoms with Gasteiger partial charge in [0.2, 0.25) is 5.91 Å². The van der Waals surface area contributed by atoms with Crippen LogP contribution in [0.2, 0.25) is 0 Å². The Hall–Kier alpha value is -2.29. The highest BCUT2D eigenvalue weighted by molar-refractivity contribution is 5.79. The third-order valence-corrected chi connectivity index (χ3v) is 4.23.